The van der Waals surface area contributed by atoms with Gasteiger partial charge in [0.2, 0.25) is 5.91 Å². The lowest BCUT2D eigenvalue weighted by Crippen LogP contribution is -2.35. The molecule has 0 unspecified atom stereocenters. The van der Waals surface area contributed by atoms with Crippen LogP contribution in [0.2, 0.25) is 0 Å². The molecule has 1 aromatic rings. The summed E-state index contributed by atoms with van der Waals surface area (Å²) in [6, 6.07) is 3.27. The molecule has 0 aliphatic carbocycles. The van der Waals surface area contributed by atoms with Gasteiger partial charge in [-0.1, -0.05) is 19.9 Å². The zero-order chi connectivity index (χ0) is 17.1. The molecule has 1 aromatic carbocycles. The molecule has 1 amide bonds. The summed E-state index contributed by atoms with van der Waals surface area (Å²) in [6.45, 7) is 1.78. The standard InChI is InChI=1S/C14H15F4NO3/c1-13(2,14(16,17)18)7-11(20)19-9-4-3-8(5-12(21)22)10(15)6-9/h3-4,6H,5,7H2,1-2H3,(H,19,20)(H,21,22). The Morgan fingerprint density at radius 1 is 1.23 bits per heavy atom. The molecule has 0 atom stereocenters. The van der Waals surface area contributed by atoms with Gasteiger partial charge in [-0.05, 0) is 17.7 Å². The highest BCUT2D eigenvalue weighted by atomic mass is 19.4. The summed E-state index contributed by atoms with van der Waals surface area (Å²) in [7, 11) is 0. The Labute approximate surface area is 124 Å². The number of anilines is 1. The van der Waals surface area contributed by atoms with Crippen LogP contribution >= 0.6 is 0 Å². The number of hydrogen-bond acceptors (Lipinski definition) is 2. The number of alkyl halides is 3. The van der Waals surface area contributed by atoms with Crippen LogP contribution in [0.4, 0.5) is 23.2 Å². The van der Waals surface area contributed by atoms with Gasteiger partial charge in [-0.25, -0.2) is 4.39 Å². The van der Waals surface area contributed by atoms with E-state index in [9.17, 15) is 27.2 Å². The topological polar surface area (TPSA) is 66.4 Å². The Hall–Kier alpha value is -2.12. The van der Waals surface area contributed by atoms with E-state index >= 15 is 0 Å². The predicted molar refractivity (Wildman–Crippen MR) is 70.8 cm³/mol. The number of carboxylic acid groups (broad SMARTS) is 1. The molecule has 0 radical (unpaired) electrons. The van der Waals surface area contributed by atoms with Crippen molar-refractivity contribution >= 4 is 17.6 Å². The molecular weight excluding hydrogens is 306 g/mol. The lowest BCUT2D eigenvalue weighted by Gasteiger charge is -2.26. The van der Waals surface area contributed by atoms with Crippen LogP contribution in [0.15, 0.2) is 18.2 Å². The van der Waals surface area contributed by atoms with Crippen LogP contribution in [-0.4, -0.2) is 23.2 Å². The third-order valence-electron chi connectivity index (χ3n) is 3.05. The largest absolute Gasteiger partial charge is 0.481 e. The molecule has 8 heteroatoms. The lowest BCUT2D eigenvalue weighted by atomic mass is 9.88. The molecule has 0 saturated heterocycles. The number of hydrogen-bond donors (Lipinski definition) is 2. The number of benzene rings is 1. The first-order valence-corrected chi connectivity index (χ1v) is 6.29. The first kappa shape index (κ1) is 17.9. The SMILES string of the molecule is CC(C)(CC(=O)Nc1ccc(CC(=O)O)c(F)c1)C(F)(F)F. The fraction of sp³-hybridized carbons (Fsp3) is 0.429. The normalized spacial score (nSPS) is 12.1. The average Bonchev–Trinajstić information content (AvgIpc) is 2.29. The zero-order valence-corrected chi connectivity index (χ0v) is 11.9. The maximum Gasteiger partial charge on any atom is 0.394 e. The smallest absolute Gasteiger partial charge is 0.394 e. The van der Waals surface area contributed by atoms with E-state index in [1.807, 2.05) is 0 Å². The van der Waals surface area contributed by atoms with Gasteiger partial charge in [-0.2, -0.15) is 13.2 Å². The fourth-order valence-corrected chi connectivity index (χ4v) is 1.64. The fourth-order valence-electron chi connectivity index (χ4n) is 1.64. The van der Waals surface area contributed by atoms with Crippen LogP contribution in [0.1, 0.15) is 25.8 Å². The van der Waals surface area contributed by atoms with Gasteiger partial charge < -0.3 is 10.4 Å². The molecule has 4 nitrogen and oxygen atoms in total. The van der Waals surface area contributed by atoms with Crippen molar-refractivity contribution in [2.24, 2.45) is 5.41 Å². The number of amides is 1. The molecule has 0 aromatic heterocycles. The number of rotatable bonds is 5. The van der Waals surface area contributed by atoms with Crippen LogP contribution < -0.4 is 5.32 Å². The van der Waals surface area contributed by atoms with Crippen molar-refractivity contribution in [3.63, 3.8) is 0 Å². The van der Waals surface area contributed by atoms with Crippen molar-refractivity contribution in [1.82, 2.24) is 0 Å². The Morgan fingerprint density at radius 2 is 1.82 bits per heavy atom. The second-order valence-electron chi connectivity index (χ2n) is 5.48. The summed E-state index contributed by atoms with van der Waals surface area (Å²) >= 11 is 0. The van der Waals surface area contributed by atoms with Gasteiger partial charge in [0.25, 0.3) is 0 Å². The van der Waals surface area contributed by atoms with Gasteiger partial charge in [-0.3, -0.25) is 9.59 Å². The van der Waals surface area contributed by atoms with Gasteiger partial charge in [0.05, 0.1) is 11.8 Å². The van der Waals surface area contributed by atoms with Crippen LogP contribution in [0, 0.1) is 11.2 Å². The maximum atomic E-state index is 13.6. The first-order chi connectivity index (χ1) is 9.92. The summed E-state index contributed by atoms with van der Waals surface area (Å²) in [4.78, 5) is 22.1. The maximum absolute atomic E-state index is 13.6. The van der Waals surface area contributed by atoms with Gasteiger partial charge >= 0.3 is 12.1 Å². The number of aliphatic carboxylic acids is 1. The van der Waals surface area contributed by atoms with Crippen molar-refractivity contribution in [3.8, 4) is 0 Å². The van der Waals surface area contributed by atoms with Gasteiger partial charge in [0.15, 0.2) is 0 Å². The second kappa shape index (κ2) is 6.33. The van der Waals surface area contributed by atoms with E-state index in [0.717, 1.165) is 26.0 Å². The molecular formula is C14H15F4NO3. The second-order valence-corrected chi connectivity index (χ2v) is 5.48. The van der Waals surface area contributed by atoms with E-state index in [1.54, 1.807) is 0 Å². The van der Waals surface area contributed by atoms with E-state index < -0.39 is 42.1 Å². The Morgan fingerprint density at radius 3 is 2.27 bits per heavy atom. The molecule has 0 saturated carbocycles. The van der Waals surface area contributed by atoms with E-state index in [0.29, 0.717) is 0 Å². The van der Waals surface area contributed by atoms with Gasteiger partial charge in [0.1, 0.15) is 5.82 Å². The van der Waals surface area contributed by atoms with Crippen molar-refractivity contribution in [1.29, 1.82) is 0 Å². The van der Waals surface area contributed by atoms with Gasteiger partial charge in [0, 0.05) is 12.1 Å². The Kier molecular flexibility index (Phi) is 5.16. The van der Waals surface area contributed by atoms with Gasteiger partial charge in [-0.15, -0.1) is 0 Å². The molecule has 2 N–H and O–H groups in total. The number of carbonyl (C=O) groups is 2. The Balaban J connectivity index is 2.77. The van der Waals surface area contributed by atoms with Crippen LogP contribution in [-0.2, 0) is 16.0 Å². The predicted octanol–water partition coefficient (Wildman–Crippen LogP) is 3.37. The third kappa shape index (κ3) is 4.71. The molecule has 0 fully saturated rings. The molecule has 22 heavy (non-hydrogen) atoms. The van der Waals surface area contributed by atoms with Crippen molar-refractivity contribution in [2.45, 2.75) is 32.9 Å². The molecule has 0 spiro atoms. The highest BCUT2D eigenvalue weighted by molar-refractivity contribution is 5.91. The lowest BCUT2D eigenvalue weighted by molar-refractivity contribution is -0.213. The summed E-state index contributed by atoms with van der Waals surface area (Å²) < 4.78 is 51.6. The van der Waals surface area contributed by atoms with Crippen LogP contribution in [0.25, 0.3) is 0 Å². The van der Waals surface area contributed by atoms with E-state index in [4.69, 9.17) is 5.11 Å². The minimum absolute atomic E-state index is 0.0328. The molecule has 0 heterocycles. The number of carbonyl (C=O) groups excluding carboxylic acids is 1. The van der Waals surface area contributed by atoms with E-state index in [1.165, 1.54) is 6.07 Å². The van der Waals surface area contributed by atoms with E-state index in [2.05, 4.69) is 5.32 Å². The van der Waals surface area contributed by atoms with Crippen molar-refractivity contribution < 1.29 is 32.3 Å². The quantitative estimate of drug-likeness (QED) is 0.817. The summed E-state index contributed by atoms with van der Waals surface area (Å²) in [5, 5.41) is 10.7. The molecule has 1 rings (SSSR count). The van der Waals surface area contributed by atoms with Crippen molar-refractivity contribution in [2.75, 3.05) is 5.32 Å². The number of carboxylic acids is 1. The Bertz CT molecular complexity index is 582. The number of nitrogens with one attached hydrogen (secondary N) is 1. The minimum atomic E-state index is -4.54. The highest BCUT2D eigenvalue weighted by Gasteiger charge is 2.48. The molecule has 0 aliphatic rings. The molecule has 0 aliphatic heterocycles. The highest BCUT2D eigenvalue weighted by Crippen LogP contribution is 2.40. The summed E-state index contributed by atoms with van der Waals surface area (Å²) in [6.07, 6.45) is -5.88. The molecule has 122 valence electrons. The minimum Gasteiger partial charge on any atom is -0.481 e. The molecule has 0 bridgehead atoms. The summed E-state index contributed by atoms with van der Waals surface area (Å²) in [5.74, 6) is -2.98. The summed E-state index contributed by atoms with van der Waals surface area (Å²) in [5.41, 5.74) is -2.32. The zero-order valence-electron chi connectivity index (χ0n) is 11.9. The monoisotopic (exact) mass is 321 g/mol. The van der Waals surface area contributed by atoms with E-state index in [-0.39, 0.29) is 11.3 Å². The number of halogens is 4. The van der Waals surface area contributed by atoms with Crippen LogP contribution in [0.5, 0.6) is 0 Å². The first-order valence-electron chi connectivity index (χ1n) is 6.29. The average molecular weight is 321 g/mol. The third-order valence-corrected chi connectivity index (χ3v) is 3.05. The van der Waals surface area contributed by atoms with Crippen LogP contribution in [0.3, 0.4) is 0 Å². The van der Waals surface area contributed by atoms with Crippen molar-refractivity contribution in [3.05, 3.63) is 29.6 Å².